The predicted molar refractivity (Wildman–Crippen MR) is 59.4 cm³/mol. The van der Waals surface area contributed by atoms with Crippen LogP contribution in [0.2, 0.25) is 6.32 Å². The van der Waals surface area contributed by atoms with Crippen LogP contribution in [0.4, 0.5) is 0 Å². The minimum absolute atomic E-state index is 0.0421. The van der Waals surface area contributed by atoms with Gasteiger partial charge >= 0.3 is 0 Å². The summed E-state index contributed by atoms with van der Waals surface area (Å²) in [6.45, 7) is 0. The van der Waals surface area contributed by atoms with Crippen LogP contribution in [0.1, 0.15) is 20.7 Å². The molecule has 1 aromatic carbocycles. The number of hydrogen-bond donors (Lipinski definition) is 0. The average molecular weight is 201 g/mol. The Balaban J connectivity index is 3.02. The van der Waals surface area contributed by atoms with Crippen LogP contribution >= 0.6 is 0 Å². The molecule has 0 aliphatic carbocycles. The van der Waals surface area contributed by atoms with Crippen molar-refractivity contribution in [1.29, 1.82) is 0 Å². The normalized spacial score (nSPS) is 9.73. The van der Waals surface area contributed by atoms with Crippen LogP contribution in [0, 0.1) is 0 Å². The molecule has 1 aromatic rings. The second kappa shape index (κ2) is 4.78. The Bertz CT molecular complexity index is 388. The molecule has 0 spiro atoms. The van der Waals surface area contributed by atoms with Crippen LogP contribution < -0.4 is 0 Å². The first kappa shape index (κ1) is 11.5. The molecule has 4 heteroatoms. The second-order valence-electron chi connectivity index (χ2n) is 3.41. The van der Waals surface area contributed by atoms with E-state index in [0.717, 1.165) is 0 Å². The molecule has 0 unspecified atom stereocenters. The summed E-state index contributed by atoms with van der Waals surface area (Å²) in [5, 5.41) is 0. The molecular formula is C11H12BNO2. The van der Waals surface area contributed by atoms with Crippen molar-refractivity contribution in [1.82, 2.24) is 4.90 Å². The topological polar surface area (TPSA) is 37.4 Å². The molecule has 15 heavy (non-hydrogen) atoms. The third kappa shape index (κ3) is 2.69. The third-order valence-corrected chi connectivity index (χ3v) is 2.02. The van der Waals surface area contributed by atoms with E-state index in [9.17, 15) is 9.59 Å². The number of carbonyl (C=O) groups excluding carboxylic acids is 2. The summed E-state index contributed by atoms with van der Waals surface area (Å²) in [7, 11) is 8.58. The minimum Gasteiger partial charge on any atom is -0.345 e. The molecule has 0 atom stereocenters. The molecule has 1 amide bonds. The lowest BCUT2D eigenvalue weighted by molar-refractivity contribution is 0.0827. The van der Waals surface area contributed by atoms with Gasteiger partial charge in [0.05, 0.1) is 7.85 Å². The summed E-state index contributed by atoms with van der Waals surface area (Å²) >= 11 is 0. The SMILES string of the molecule is [B]CC(=O)c1cccc(C(=O)N(C)C)c1. The highest BCUT2D eigenvalue weighted by molar-refractivity contribution is 6.24. The monoisotopic (exact) mass is 201 g/mol. The van der Waals surface area contributed by atoms with Gasteiger partial charge in [-0.1, -0.05) is 12.1 Å². The first-order chi connectivity index (χ1) is 7.06. The molecule has 0 saturated carbocycles. The molecular weight excluding hydrogens is 189 g/mol. The van der Waals surface area contributed by atoms with Gasteiger partial charge in [-0.2, -0.15) is 0 Å². The fourth-order valence-electron chi connectivity index (χ4n) is 1.20. The standard InChI is InChI=1S/C11H12BNO2/c1-13(2)11(15)9-5-3-4-8(6-9)10(14)7-12/h3-6H,7H2,1-2H3. The smallest absolute Gasteiger partial charge is 0.253 e. The predicted octanol–water partition coefficient (Wildman–Crippen LogP) is 1.16. The third-order valence-electron chi connectivity index (χ3n) is 2.02. The molecule has 0 aromatic heterocycles. The van der Waals surface area contributed by atoms with E-state index in [1.54, 1.807) is 38.4 Å². The van der Waals surface area contributed by atoms with Gasteiger partial charge in [0.15, 0.2) is 5.78 Å². The Morgan fingerprint density at radius 3 is 2.40 bits per heavy atom. The Labute approximate surface area is 90.5 Å². The molecule has 0 saturated heterocycles. The van der Waals surface area contributed by atoms with E-state index in [0.29, 0.717) is 11.1 Å². The molecule has 3 nitrogen and oxygen atoms in total. The van der Waals surface area contributed by atoms with E-state index < -0.39 is 0 Å². The highest BCUT2D eigenvalue weighted by Crippen LogP contribution is 2.09. The summed E-state index contributed by atoms with van der Waals surface area (Å²) in [4.78, 5) is 24.4. The molecule has 2 radical (unpaired) electrons. The molecule has 0 aliphatic rings. The van der Waals surface area contributed by atoms with Crippen molar-refractivity contribution in [2.45, 2.75) is 6.32 Å². The number of Topliss-reactive ketones (excluding diaryl/α,β-unsaturated/α-hetero) is 1. The van der Waals surface area contributed by atoms with Gasteiger partial charge in [0.2, 0.25) is 0 Å². The number of carbonyl (C=O) groups is 2. The van der Waals surface area contributed by atoms with Gasteiger partial charge in [-0.05, 0) is 18.5 Å². The number of nitrogens with zero attached hydrogens (tertiary/aromatic N) is 1. The van der Waals surface area contributed by atoms with E-state index >= 15 is 0 Å². The summed E-state index contributed by atoms with van der Waals surface area (Å²) < 4.78 is 0. The molecule has 0 fully saturated rings. The molecule has 0 bridgehead atoms. The summed E-state index contributed by atoms with van der Waals surface area (Å²) in [5.74, 6) is -0.287. The first-order valence-corrected chi connectivity index (χ1v) is 4.61. The number of rotatable bonds is 3. The lowest BCUT2D eigenvalue weighted by Crippen LogP contribution is -2.21. The average Bonchev–Trinajstić information content (AvgIpc) is 2.27. The highest BCUT2D eigenvalue weighted by Gasteiger charge is 2.10. The summed E-state index contributed by atoms with van der Waals surface area (Å²) in [6.07, 6.45) is -0.0421. The molecule has 0 N–H and O–H groups in total. The zero-order valence-corrected chi connectivity index (χ0v) is 8.86. The van der Waals surface area contributed by atoms with Crippen molar-refractivity contribution in [3.05, 3.63) is 35.4 Å². The van der Waals surface area contributed by atoms with Crippen molar-refractivity contribution in [2.24, 2.45) is 0 Å². The first-order valence-electron chi connectivity index (χ1n) is 4.61. The maximum atomic E-state index is 11.6. The second-order valence-corrected chi connectivity index (χ2v) is 3.41. The van der Waals surface area contributed by atoms with E-state index in [4.69, 9.17) is 7.85 Å². The van der Waals surface area contributed by atoms with Gasteiger partial charge in [0.25, 0.3) is 5.91 Å². The van der Waals surface area contributed by atoms with Gasteiger partial charge in [-0.25, -0.2) is 0 Å². The van der Waals surface area contributed by atoms with Crippen LogP contribution in [0.3, 0.4) is 0 Å². The van der Waals surface area contributed by atoms with Crippen LogP contribution in [-0.2, 0) is 0 Å². The van der Waals surface area contributed by atoms with Crippen molar-refractivity contribution in [3.8, 4) is 0 Å². The summed E-state index contributed by atoms with van der Waals surface area (Å²) in [5.41, 5.74) is 0.976. The Morgan fingerprint density at radius 1 is 1.27 bits per heavy atom. The van der Waals surface area contributed by atoms with Gasteiger partial charge in [0.1, 0.15) is 0 Å². The zero-order valence-electron chi connectivity index (χ0n) is 8.86. The van der Waals surface area contributed by atoms with Gasteiger partial charge in [0, 0.05) is 25.2 Å². The maximum Gasteiger partial charge on any atom is 0.253 e. The molecule has 1 rings (SSSR count). The van der Waals surface area contributed by atoms with Crippen LogP contribution in [0.25, 0.3) is 0 Å². The number of ketones is 1. The van der Waals surface area contributed by atoms with E-state index in [1.165, 1.54) is 4.90 Å². The Kier molecular flexibility index (Phi) is 3.66. The van der Waals surface area contributed by atoms with Gasteiger partial charge in [-0.3, -0.25) is 9.59 Å². The van der Waals surface area contributed by atoms with Crippen molar-refractivity contribution in [2.75, 3.05) is 14.1 Å². The van der Waals surface area contributed by atoms with E-state index in [1.807, 2.05) is 0 Å². The van der Waals surface area contributed by atoms with Crippen molar-refractivity contribution < 1.29 is 9.59 Å². The quantitative estimate of drug-likeness (QED) is 0.543. The number of hydrogen-bond acceptors (Lipinski definition) is 2. The molecule has 0 aliphatic heterocycles. The largest absolute Gasteiger partial charge is 0.345 e. The Hall–Kier alpha value is -1.58. The van der Waals surface area contributed by atoms with Gasteiger partial charge in [-0.15, -0.1) is 0 Å². The molecule has 76 valence electrons. The maximum absolute atomic E-state index is 11.6. The van der Waals surface area contributed by atoms with Crippen LogP contribution in [-0.4, -0.2) is 38.5 Å². The highest BCUT2D eigenvalue weighted by atomic mass is 16.2. The van der Waals surface area contributed by atoms with Crippen LogP contribution in [0.15, 0.2) is 24.3 Å². The minimum atomic E-state index is -0.164. The Morgan fingerprint density at radius 2 is 1.87 bits per heavy atom. The number of benzene rings is 1. The van der Waals surface area contributed by atoms with Crippen molar-refractivity contribution in [3.63, 3.8) is 0 Å². The lowest BCUT2D eigenvalue weighted by atomic mass is 9.95. The zero-order chi connectivity index (χ0) is 11.4. The fourth-order valence-corrected chi connectivity index (χ4v) is 1.20. The molecule has 0 heterocycles. The lowest BCUT2D eigenvalue weighted by Gasteiger charge is -2.10. The summed E-state index contributed by atoms with van der Waals surface area (Å²) in [6, 6.07) is 6.58. The van der Waals surface area contributed by atoms with Gasteiger partial charge < -0.3 is 4.90 Å². The van der Waals surface area contributed by atoms with E-state index in [-0.39, 0.29) is 18.0 Å². The van der Waals surface area contributed by atoms with E-state index in [2.05, 4.69) is 0 Å². The number of amides is 1. The fraction of sp³-hybridized carbons (Fsp3) is 0.273. The van der Waals surface area contributed by atoms with Crippen LogP contribution in [0.5, 0.6) is 0 Å². The van der Waals surface area contributed by atoms with Crippen molar-refractivity contribution >= 4 is 19.5 Å².